The van der Waals surface area contributed by atoms with Crippen molar-refractivity contribution in [1.82, 2.24) is 10.2 Å². The average Bonchev–Trinajstić information content (AvgIpc) is 2.71. The van der Waals surface area contributed by atoms with Crippen LogP contribution in [0.25, 0.3) is 0 Å². The van der Waals surface area contributed by atoms with E-state index in [1.807, 2.05) is 6.92 Å². The number of nitrogens with one attached hydrogen (secondary N) is 1. The second kappa shape index (κ2) is 6.02. The second-order valence-corrected chi connectivity index (χ2v) is 6.69. The molecule has 116 valence electrons. The molecule has 0 radical (unpaired) electrons. The zero-order chi connectivity index (χ0) is 14.9. The van der Waals surface area contributed by atoms with Crippen LogP contribution in [0.15, 0.2) is 0 Å². The number of rotatable bonds is 6. The van der Waals surface area contributed by atoms with Gasteiger partial charge in [-0.2, -0.15) is 0 Å². The van der Waals surface area contributed by atoms with Crippen LogP contribution in [-0.2, 0) is 9.53 Å². The van der Waals surface area contributed by atoms with Gasteiger partial charge in [-0.15, -0.1) is 0 Å². The van der Waals surface area contributed by atoms with Crippen molar-refractivity contribution in [3.63, 3.8) is 0 Å². The van der Waals surface area contributed by atoms with Gasteiger partial charge in [-0.1, -0.05) is 34.1 Å². The van der Waals surface area contributed by atoms with Crippen LogP contribution in [0.3, 0.4) is 0 Å². The molecule has 0 bridgehead atoms. The Morgan fingerprint density at radius 2 is 2.05 bits per heavy atom. The summed E-state index contributed by atoms with van der Waals surface area (Å²) in [7, 11) is 0. The van der Waals surface area contributed by atoms with E-state index in [2.05, 4.69) is 37.9 Å². The first-order valence-corrected chi connectivity index (χ1v) is 8.17. The first-order valence-electron chi connectivity index (χ1n) is 8.17. The Hall–Kier alpha value is -0.610. The molecule has 2 fully saturated rings. The van der Waals surface area contributed by atoms with Gasteiger partial charge in [0.2, 0.25) is 5.91 Å². The van der Waals surface area contributed by atoms with E-state index in [4.69, 9.17) is 4.74 Å². The summed E-state index contributed by atoms with van der Waals surface area (Å²) < 4.78 is 5.81. The second-order valence-electron chi connectivity index (χ2n) is 6.69. The summed E-state index contributed by atoms with van der Waals surface area (Å²) in [6, 6.07) is 0.320. The number of carbonyl (C=O) groups is 1. The normalized spacial score (nSPS) is 36.2. The third kappa shape index (κ3) is 2.48. The maximum absolute atomic E-state index is 12.6. The lowest BCUT2D eigenvalue weighted by Gasteiger charge is -2.56. The summed E-state index contributed by atoms with van der Waals surface area (Å²) in [5.41, 5.74) is 0.0575. The lowest BCUT2D eigenvalue weighted by molar-refractivity contribution is -0.168. The van der Waals surface area contributed by atoms with Crippen LogP contribution in [0.5, 0.6) is 0 Å². The number of carbonyl (C=O) groups excluding carboxylic acids is 1. The zero-order valence-corrected chi connectivity index (χ0v) is 13.6. The van der Waals surface area contributed by atoms with Crippen molar-refractivity contribution in [3.8, 4) is 0 Å². The highest BCUT2D eigenvalue weighted by molar-refractivity contribution is 5.84. The Kier molecular flexibility index (Phi) is 4.75. The molecule has 1 saturated heterocycles. The fourth-order valence-electron chi connectivity index (χ4n) is 3.70. The summed E-state index contributed by atoms with van der Waals surface area (Å²) >= 11 is 0. The van der Waals surface area contributed by atoms with Gasteiger partial charge in [0.15, 0.2) is 0 Å². The molecule has 1 saturated carbocycles. The molecule has 4 heteroatoms. The fraction of sp³-hybridized carbons (Fsp3) is 0.938. The molecule has 4 nitrogen and oxygen atoms in total. The predicted molar refractivity (Wildman–Crippen MR) is 80.4 cm³/mol. The highest BCUT2D eigenvalue weighted by Gasteiger charge is 2.56. The maximum Gasteiger partial charge on any atom is 0.241 e. The fourth-order valence-corrected chi connectivity index (χ4v) is 3.70. The van der Waals surface area contributed by atoms with Crippen LogP contribution in [0, 0.1) is 5.41 Å². The van der Waals surface area contributed by atoms with E-state index in [0.717, 1.165) is 32.3 Å². The molecule has 4 unspecified atom stereocenters. The van der Waals surface area contributed by atoms with Gasteiger partial charge in [0.1, 0.15) is 0 Å². The highest BCUT2D eigenvalue weighted by atomic mass is 16.5. The van der Waals surface area contributed by atoms with Crippen LogP contribution in [0.2, 0.25) is 0 Å². The Labute approximate surface area is 123 Å². The Balaban J connectivity index is 2.12. The topological polar surface area (TPSA) is 41.6 Å². The first kappa shape index (κ1) is 15.8. The van der Waals surface area contributed by atoms with E-state index in [1.165, 1.54) is 0 Å². The molecule has 1 aliphatic carbocycles. The molecule has 1 amide bonds. The minimum absolute atomic E-state index is 0.00786. The van der Waals surface area contributed by atoms with Crippen molar-refractivity contribution < 1.29 is 9.53 Å². The number of nitrogens with zero attached hydrogens (tertiary/aromatic N) is 1. The van der Waals surface area contributed by atoms with Crippen LogP contribution in [0.1, 0.15) is 60.3 Å². The van der Waals surface area contributed by atoms with Crippen molar-refractivity contribution in [2.24, 2.45) is 5.41 Å². The van der Waals surface area contributed by atoms with Crippen LogP contribution < -0.4 is 5.32 Å². The van der Waals surface area contributed by atoms with Crippen molar-refractivity contribution in [2.75, 3.05) is 6.61 Å². The smallest absolute Gasteiger partial charge is 0.241 e. The molecule has 1 heterocycles. The molecule has 0 aromatic rings. The van der Waals surface area contributed by atoms with Crippen molar-refractivity contribution in [2.45, 2.75) is 84.7 Å². The van der Waals surface area contributed by atoms with Gasteiger partial charge in [-0.05, 0) is 26.2 Å². The molecule has 0 aromatic carbocycles. The van der Waals surface area contributed by atoms with Gasteiger partial charge in [-0.3, -0.25) is 10.1 Å². The minimum atomic E-state index is 0.00786. The molecule has 1 aliphatic heterocycles. The highest BCUT2D eigenvalue weighted by Crippen LogP contribution is 2.47. The standard InChI is InChI=1S/C16H30N2O2/c1-6-9-14-17-11(7-2)15(19)18(14)12-10-13(20-8-3)16(12,4)5/h11-14,17H,6-10H2,1-5H3. The van der Waals surface area contributed by atoms with Crippen LogP contribution in [-0.4, -0.2) is 41.8 Å². The van der Waals surface area contributed by atoms with Gasteiger partial charge in [0.05, 0.1) is 18.3 Å². The van der Waals surface area contributed by atoms with E-state index in [1.54, 1.807) is 0 Å². The Morgan fingerprint density at radius 1 is 1.35 bits per heavy atom. The van der Waals surface area contributed by atoms with E-state index in [-0.39, 0.29) is 23.7 Å². The summed E-state index contributed by atoms with van der Waals surface area (Å²) in [5.74, 6) is 0.291. The lowest BCUT2D eigenvalue weighted by Crippen LogP contribution is -2.64. The molecule has 2 aliphatic rings. The number of amides is 1. The van der Waals surface area contributed by atoms with E-state index in [0.29, 0.717) is 11.9 Å². The average molecular weight is 282 g/mol. The van der Waals surface area contributed by atoms with Gasteiger partial charge in [-0.25, -0.2) is 0 Å². The summed E-state index contributed by atoms with van der Waals surface area (Å²) in [5, 5.41) is 3.51. The lowest BCUT2D eigenvalue weighted by atomic mass is 9.63. The molecule has 20 heavy (non-hydrogen) atoms. The number of hydrogen-bond donors (Lipinski definition) is 1. The molecule has 0 aromatic heterocycles. The monoisotopic (exact) mass is 282 g/mol. The number of ether oxygens (including phenoxy) is 1. The molecular formula is C16H30N2O2. The quantitative estimate of drug-likeness (QED) is 0.814. The Bertz CT molecular complexity index is 356. The first-order chi connectivity index (χ1) is 9.47. The third-order valence-electron chi connectivity index (χ3n) is 5.08. The van der Waals surface area contributed by atoms with Gasteiger partial charge >= 0.3 is 0 Å². The van der Waals surface area contributed by atoms with Gasteiger partial charge < -0.3 is 9.64 Å². The van der Waals surface area contributed by atoms with E-state index < -0.39 is 0 Å². The molecule has 0 spiro atoms. The largest absolute Gasteiger partial charge is 0.378 e. The third-order valence-corrected chi connectivity index (χ3v) is 5.08. The molecule has 2 rings (SSSR count). The van der Waals surface area contributed by atoms with E-state index >= 15 is 0 Å². The van der Waals surface area contributed by atoms with Gasteiger partial charge in [0.25, 0.3) is 0 Å². The van der Waals surface area contributed by atoms with Crippen LogP contribution in [0.4, 0.5) is 0 Å². The predicted octanol–water partition coefficient (Wildman–Crippen LogP) is 2.53. The van der Waals surface area contributed by atoms with Crippen molar-refractivity contribution in [3.05, 3.63) is 0 Å². The molecule has 4 atom stereocenters. The van der Waals surface area contributed by atoms with Crippen molar-refractivity contribution >= 4 is 5.91 Å². The summed E-state index contributed by atoms with van der Waals surface area (Å²) in [6.45, 7) is 11.5. The summed E-state index contributed by atoms with van der Waals surface area (Å²) in [6.07, 6.45) is 4.48. The molecule has 1 N–H and O–H groups in total. The summed E-state index contributed by atoms with van der Waals surface area (Å²) in [4.78, 5) is 14.8. The van der Waals surface area contributed by atoms with Crippen LogP contribution >= 0.6 is 0 Å². The Morgan fingerprint density at radius 3 is 2.55 bits per heavy atom. The van der Waals surface area contributed by atoms with Crippen molar-refractivity contribution in [1.29, 1.82) is 0 Å². The maximum atomic E-state index is 12.6. The number of hydrogen-bond acceptors (Lipinski definition) is 3. The van der Waals surface area contributed by atoms with E-state index in [9.17, 15) is 4.79 Å². The SMILES string of the molecule is CCCC1NC(CC)C(=O)N1C1CC(OCC)C1(C)C. The zero-order valence-electron chi connectivity index (χ0n) is 13.6. The minimum Gasteiger partial charge on any atom is -0.378 e. The molecular weight excluding hydrogens is 252 g/mol. The van der Waals surface area contributed by atoms with Gasteiger partial charge in [0, 0.05) is 18.1 Å².